The Bertz CT molecular complexity index is 862. The van der Waals surface area contributed by atoms with Crippen molar-refractivity contribution in [2.24, 2.45) is 0 Å². The molecule has 3 rings (SSSR count). The minimum Gasteiger partial charge on any atom is -0.351 e. The van der Waals surface area contributed by atoms with Crippen LogP contribution in [0.3, 0.4) is 0 Å². The van der Waals surface area contributed by atoms with Crippen LogP contribution in [0, 0.1) is 20.8 Å². The van der Waals surface area contributed by atoms with E-state index < -0.39 is 0 Å². The minimum absolute atomic E-state index is 0.117. The Balaban J connectivity index is 1.91. The maximum atomic E-state index is 12.1. The van der Waals surface area contributed by atoms with Gasteiger partial charge in [0.15, 0.2) is 0 Å². The van der Waals surface area contributed by atoms with E-state index in [1.807, 2.05) is 19.1 Å². The van der Waals surface area contributed by atoms with E-state index in [9.17, 15) is 4.79 Å². The van der Waals surface area contributed by atoms with Gasteiger partial charge in [-0.2, -0.15) is 9.50 Å². The lowest BCUT2D eigenvalue weighted by Gasteiger charge is -2.05. The third kappa shape index (κ3) is 2.40. The predicted molar refractivity (Wildman–Crippen MR) is 81.6 cm³/mol. The van der Waals surface area contributed by atoms with E-state index in [4.69, 9.17) is 0 Å². The molecule has 3 aromatic rings. The molecule has 2 N–H and O–H groups in total. The molecule has 0 atom stereocenters. The van der Waals surface area contributed by atoms with Crippen molar-refractivity contribution in [3.63, 3.8) is 0 Å². The van der Waals surface area contributed by atoms with Gasteiger partial charge in [0, 0.05) is 17.8 Å². The Morgan fingerprint density at radius 1 is 1.19 bits per heavy atom. The second-order valence-electron chi connectivity index (χ2n) is 5.12. The zero-order valence-corrected chi connectivity index (χ0v) is 12.3. The number of aromatic amines is 1. The van der Waals surface area contributed by atoms with Crippen LogP contribution in [0.5, 0.6) is 0 Å². The molecule has 21 heavy (non-hydrogen) atoms. The SMILES string of the molecule is Cc1ccccc1CNc1nc2nc(C)c(C)c(=O)n2[nH]1. The van der Waals surface area contributed by atoms with E-state index >= 15 is 0 Å². The third-order valence-electron chi connectivity index (χ3n) is 3.67. The van der Waals surface area contributed by atoms with Crippen molar-refractivity contribution in [3.8, 4) is 0 Å². The van der Waals surface area contributed by atoms with Gasteiger partial charge in [-0.25, -0.2) is 4.98 Å². The molecule has 0 amide bonds. The molecule has 2 aromatic heterocycles. The van der Waals surface area contributed by atoms with Gasteiger partial charge in [-0.05, 0) is 31.9 Å². The maximum Gasteiger partial charge on any atom is 0.277 e. The van der Waals surface area contributed by atoms with Crippen LogP contribution in [0.2, 0.25) is 0 Å². The van der Waals surface area contributed by atoms with Crippen LogP contribution in [0.25, 0.3) is 5.78 Å². The van der Waals surface area contributed by atoms with E-state index in [0.29, 0.717) is 29.5 Å². The molecule has 0 saturated carbocycles. The highest BCUT2D eigenvalue weighted by atomic mass is 16.1. The largest absolute Gasteiger partial charge is 0.351 e. The third-order valence-corrected chi connectivity index (χ3v) is 3.67. The van der Waals surface area contributed by atoms with Crippen LogP contribution in [0.4, 0.5) is 5.95 Å². The molecule has 0 unspecified atom stereocenters. The van der Waals surface area contributed by atoms with Gasteiger partial charge < -0.3 is 5.32 Å². The lowest BCUT2D eigenvalue weighted by atomic mass is 10.1. The van der Waals surface area contributed by atoms with E-state index in [2.05, 4.69) is 39.4 Å². The van der Waals surface area contributed by atoms with Gasteiger partial charge in [-0.3, -0.25) is 9.89 Å². The summed E-state index contributed by atoms with van der Waals surface area (Å²) in [5.41, 5.74) is 3.61. The summed E-state index contributed by atoms with van der Waals surface area (Å²) >= 11 is 0. The number of anilines is 1. The molecule has 0 bridgehead atoms. The highest BCUT2D eigenvalue weighted by Crippen LogP contribution is 2.10. The number of aromatic nitrogens is 4. The molecule has 6 heteroatoms. The molecular weight excluding hydrogens is 266 g/mol. The van der Waals surface area contributed by atoms with E-state index in [0.717, 1.165) is 0 Å². The number of aryl methyl sites for hydroxylation is 2. The molecule has 0 aliphatic rings. The lowest BCUT2D eigenvalue weighted by molar-refractivity contribution is 0.870. The molecule has 0 fully saturated rings. The summed E-state index contributed by atoms with van der Waals surface area (Å²) in [7, 11) is 0. The molecule has 0 aliphatic heterocycles. The van der Waals surface area contributed by atoms with Crippen LogP contribution in [0.15, 0.2) is 29.1 Å². The van der Waals surface area contributed by atoms with Crippen molar-refractivity contribution in [2.45, 2.75) is 27.3 Å². The van der Waals surface area contributed by atoms with Crippen molar-refractivity contribution < 1.29 is 0 Å². The highest BCUT2D eigenvalue weighted by Gasteiger charge is 2.10. The van der Waals surface area contributed by atoms with Crippen molar-refractivity contribution in [3.05, 3.63) is 57.0 Å². The van der Waals surface area contributed by atoms with Crippen molar-refractivity contribution >= 4 is 11.7 Å². The quantitative estimate of drug-likeness (QED) is 0.770. The van der Waals surface area contributed by atoms with Crippen LogP contribution < -0.4 is 10.9 Å². The summed E-state index contributed by atoms with van der Waals surface area (Å²) in [6.07, 6.45) is 0. The van der Waals surface area contributed by atoms with Gasteiger partial charge in [0.25, 0.3) is 11.3 Å². The fraction of sp³-hybridized carbons (Fsp3) is 0.267. The van der Waals surface area contributed by atoms with Crippen molar-refractivity contribution in [1.29, 1.82) is 0 Å². The fourth-order valence-electron chi connectivity index (χ4n) is 2.17. The van der Waals surface area contributed by atoms with E-state index in [1.165, 1.54) is 15.6 Å². The summed E-state index contributed by atoms with van der Waals surface area (Å²) in [6, 6.07) is 8.13. The first-order chi connectivity index (χ1) is 10.1. The molecule has 0 radical (unpaired) electrons. The zero-order chi connectivity index (χ0) is 15.0. The number of benzene rings is 1. The van der Waals surface area contributed by atoms with Crippen LogP contribution in [-0.2, 0) is 6.54 Å². The number of hydrogen-bond donors (Lipinski definition) is 2. The Morgan fingerprint density at radius 3 is 2.71 bits per heavy atom. The fourth-order valence-corrected chi connectivity index (χ4v) is 2.17. The molecule has 2 heterocycles. The van der Waals surface area contributed by atoms with Gasteiger partial charge in [-0.1, -0.05) is 24.3 Å². The average molecular weight is 283 g/mol. The van der Waals surface area contributed by atoms with Crippen LogP contribution in [-0.4, -0.2) is 19.6 Å². The normalized spacial score (nSPS) is 11.0. The van der Waals surface area contributed by atoms with Crippen molar-refractivity contribution in [2.75, 3.05) is 5.32 Å². The number of fused-ring (bicyclic) bond motifs is 1. The first kappa shape index (κ1) is 13.4. The second-order valence-corrected chi connectivity index (χ2v) is 5.12. The molecule has 0 spiro atoms. The summed E-state index contributed by atoms with van der Waals surface area (Å²) in [5.74, 6) is 0.920. The average Bonchev–Trinajstić information content (AvgIpc) is 2.87. The lowest BCUT2D eigenvalue weighted by Crippen LogP contribution is -2.19. The summed E-state index contributed by atoms with van der Waals surface area (Å²) < 4.78 is 1.36. The topological polar surface area (TPSA) is 75.1 Å². The van der Waals surface area contributed by atoms with Crippen LogP contribution in [0.1, 0.15) is 22.4 Å². The summed E-state index contributed by atoms with van der Waals surface area (Å²) in [4.78, 5) is 20.7. The smallest absolute Gasteiger partial charge is 0.277 e. The number of nitrogens with zero attached hydrogens (tertiary/aromatic N) is 3. The molecular formula is C15H17N5O. The molecule has 1 aromatic carbocycles. The number of hydrogen-bond acceptors (Lipinski definition) is 4. The highest BCUT2D eigenvalue weighted by molar-refractivity contribution is 5.39. The van der Waals surface area contributed by atoms with E-state index in [-0.39, 0.29) is 5.56 Å². The van der Waals surface area contributed by atoms with Gasteiger partial charge in [0.1, 0.15) is 0 Å². The van der Waals surface area contributed by atoms with Gasteiger partial charge >= 0.3 is 0 Å². The van der Waals surface area contributed by atoms with Crippen LogP contribution >= 0.6 is 0 Å². The Hall–Kier alpha value is -2.63. The van der Waals surface area contributed by atoms with Gasteiger partial charge in [-0.15, -0.1) is 0 Å². The maximum absolute atomic E-state index is 12.1. The Kier molecular flexibility index (Phi) is 3.21. The summed E-state index contributed by atoms with van der Waals surface area (Å²) in [6.45, 7) is 6.28. The number of nitrogens with one attached hydrogen (secondary N) is 2. The zero-order valence-electron chi connectivity index (χ0n) is 12.3. The van der Waals surface area contributed by atoms with Gasteiger partial charge in [0.2, 0.25) is 5.95 Å². The standard InChI is InChI=1S/C15H17N5O/c1-9-6-4-5-7-12(9)8-16-14-18-15-17-11(3)10(2)13(21)20(15)19-14/h4-7H,8H2,1-3H3,(H2,16,17,18,19). The first-order valence-corrected chi connectivity index (χ1v) is 6.80. The number of rotatable bonds is 3. The molecule has 0 saturated heterocycles. The summed E-state index contributed by atoms with van der Waals surface area (Å²) in [5, 5.41) is 6.13. The van der Waals surface area contributed by atoms with E-state index in [1.54, 1.807) is 6.92 Å². The first-order valence-electron chi connectivity index (χ1n) is 6.80. The number of H-pyrrole nitrogens is 1. The van der Waals surface area contributed by atoms with Gasteiger partial charge in [0.05, 0.1) is 0 Å². The molecule has 6 nitrogen and oxygen atoms in total. The molecule has 0 aliphatic carbocycles. The monoisotopic (exact) mass is 283 g/mol. The van der Waals surface area contributed by atoms with Crippen molar-refractivity contribution in [1.82, 2.24) is 19.6 Å². The minimum atomic E-state index is -0.117. The Labute approximate surface area is 121 Å². The second kappa shape index (κ2) is 5.05. The predicted octanol–water partition coefficient (Wildman–Crippen LogP) is 1.95. The Morgan fingerprint density at radius 2 is 1.95 bits per heavy atom. The molecule has 108 valence electrons.